The number of aromatic nitrogens is 2. The van der Waals surface area contributed by atoms with Crippen molar-refractivity contribution in [2.75, 3.05) is 5.32 Å². The molecule has 0 aliphatic carbocycles. The van der Waals surface area contributed by atoms with Crippen LogP contribution in [0.2, 0.25) is 0 Å². The van der Waals surface area contributed by atoms with E-state index in [1.165, 1.54) is 11.3 Å². The number of alkyl halides is 3. The highest BCUT2D eigenvalue weighted by molar-refractivity contribution is 7.89. The number of anilines is 2. The average molecular weight is 456 g/mol. The van der Waals surface area contributed by atoms with Gasteiger partial charge in [-0.05, 0) is 36.2 Å². The highest BCUT2D eigenvalue weighted by atomic mass is 32.2. The SMILES string of the molecule is CCc1c[nH]c2c1ccc1sc(Nc3cc(S(N)(=O)=O)ccc3OC(F)(F)F)nc12. The number of nitrogens with zero attached hydrogens (tertiary/aromatic N) is 1. The van der Waals surface area contributed by atoms with E-state index in [4.69, 9.17) is 5.14 Å². The lowest BCUT2D eigenvalue weighted by molar-refractivity contribution is -0.274. The van der Waals surface area contributed by atoms with Crippen LogP contribution in [0.25, 0.3) is 21.1 Å². The third-order valence-corrected chi connectivity index (χ3v) is 6.27. The maximum Gasteiger partial charge on any atom is 0.573 e. The fraction of sp³-hybridized carbons (Fsp3) is 0.167. The third-order valence-electron chi connectivity index (χ3n) is 4.43. The molecule has 0 fully saturated rings. The van der Waals surface area contributed by atoms with E-state index in [9.17, 15) is 21.6 Å². The van der Waals surface area contributed by atoms with Crippen molar-refractivity contribution in [1.82, 2.24) is 9.97 Å². The van der Waals surface area contributed by atoms with Crippen molar-refractivity contribution in [3.8, 4) is 5.75 Å². The third kappa shape index (κ3) is 3.93. The Kier molecular flexibility index (Phi) is 4.87. The van der Waals surface area contributed by atoms with Crippen LogP contribution in [0.3, 0.4) is 0 Å². The molecule has 0 amide bonds. The molecule has 0 aliphatic rings. The Morgan fingerprint density at radius 3 is 2.70 bits per heavy atom. The molecular weight excluding hydrogens is 441 g/mol. The van der Waals surface area contributed by atoms with Gasteiger partial charge in [-0.2, -0.15) is 0 Å². The van der Waals surface area contributed by atoms with Crippen LogP contribution in [-0.2, 0) is 16.4 Å². The summed E-state index contributed by atoms with van der Waals surface area (Å²) < 4.78 is 66.3. The molecule has 0 aliphatic heterocycles. The summed E-state index contributed by atoms with van der Waals surface area (Å²) in [4.78, 5) is 7.29. The number of aryl methyl sites for hydroxylation is 1. The van der Waals surface area contributed by atoms with Crippen molar-refractivity contribution in [3.05, 3.63) is 42.1 Å². The molecule has 0 saturated heterocycles. The first kappa shape index (κ1) is 20.4. The molecule has 0 unspecified atom stereocenters. The first-order valence-electron chi connectivity index (χ1n) is 8.64. The van der Waals surface area contributed by atoms with Crippen LogP contribution >= 0.6 is 11.3 Å². The van der Waals surface area contributed by atoms with Crippen molar-refractivity contribution < 1.29 is 26.3 Å². The van der Waals surface area contributed by atoms with Crippen LogP contribution in [0.4, 0.5) is 24.0 Å². The Labute approximate surface area is 172 Å². The smallest absolute Gasteiger partial charge is 0.404 e. The van der Waals surface area contributed by atoms with Crippen LogP contribution in [0, 0.1) is 0 Å². The Morgan fingerprint density at radius 1 is 1.27 bits per heavy atom. The number of hydrogen-bond acceptors (Lipinski definition) is 6. The molecule has 12 heteroatoms. The topological polar surface area (TPSA) is 110 Å². The van der Waals surface area contributed by atoms with Crippen LogP contribution in [0.1, 0.15) is 12.5 Å². The maximum absolute atomic E-state index is 12.8. The highest BCUT2D eigenvalue weighted by Gasteiger charge is 2.32. The van der Waals surface area contributed by atoms with Gasteiger partial charge in [0.1, 0.15) is 5.52 Å². The lowest BCUT2D eigenvalue weighted by Gasteiger charge is -2.14. The summed E-state index contributed by atoms with van der Waals surface area (Å²) in [5, 5.41) is 9.11. The monoisotopic (exact) mass is 456 g/mol. The molecule has 0 atom stereocenters. The molecule has 158 valence electrons. The largest absolute Gasteiger partial charge is 0.573 e. The van der Waals surface area contributed by atoms with Gasteiger partial charge < -0.3 is 15.0 Å². The number of hydrogen-bond donors (Lipinski definition) is 3. The Morgan fingerprint density at radius 2 is 2.03 bits per heavy atom. The zero-order chi connectivity index (χ0) is 21.7. The normalized spacial score (nSPS) is 12.6. The molecule has 0 bridgehead atoms. The number of nitrogens with one attached hydrogen (secondary N) is 2. The van der Waals surface area contributed by atoms with E-state index in [1.807, 2.05) is 25.3 Å². The van der Waals surface area contributed by atoms with Crippen molar-refractivity contribution in [1.29, 1.82) is 0 Å². The van der Waals surface area contributed by atoms with Gasteiger partial charge in [-0.15, -0.1) is 13.2 Å². The summed E-state index contributed by atoms with van der Waals surface area (Å²) in [6.45, 7) is 2.03. The number of ether oxygens (including phenoxy) is 1. The number of benzene rings is 2. The van der Waals surface area contributed by atoms with E-state index in [0.29, 0.717) is 5.52 Å². The highest BCUT2D eigenvalue weighted by Crippen LogP contribution is 2.38. The molecule has 2 heterocycles. The van der Waals surface area contributed by atoms with Crippen molar-refractivity contribution in [3.63, 3.8) is 0 Å². The molecule has 4 N–H and O–H groups in total. The molecule has 0 radical (unpaired) electrons. The fourth-order valence-electron chi connectivity index (χ4n) is 3.10. The maximum atomic E-state index is 12.8. The number of fused-ring (bicyclic) bond motifs is 3. The van der Waals surface area contributed by atoms with E-state index in [-0.39, 0.29) is 15.7 Å². The van der Waals surface area contributed by atoms with Crippen molar-refractivity contribution in [2.24, 2.45) is 5.14 Å². The summed E-state index contributed by atoms with van der Waals surface area (Å²) in [5.41, 5.74) is 2.37. The second-order valence-corrected chi connectivity index (χ2v) is 8.99. The fourth-order valence-corrected chi connectivity index (χ4v) is 4.53. The van der Waals surface area contributed by atoms with Gasteiger partial charge in [-0.3, -0.25) is 0 Å². The van der Waals surface area contributed by atoms with Gasteiger partial charge in [-0.1, -0.05) is 24.3 Å². The average Bonchev–Trinajstić information content (AvgIpc) is 3.23. The number of sulfonamides is 1. The van der Waals surface area contributed by atoms with Crippen LogP contribution in [0.5, 0.6) is 5.75 Å². The lowest BCUT2D eigenvalue weighted by atomic mass is 10.1. The summed E-state index contributed by atoms with van der Waals surface area (Å²) >= 11 is 1.20. The zero-order valence-corrected chi connectivity index (χ0v) is 17.0. The summed E-state index contributed by atoms with van der Waals surface area (Å²) in [7, 11) is -4.13. The number of H-pyrrole nitrogens is 1. The van der Waals surface area contributed by atoms with Crippen molar-refractivity contribution in [2.45, 2.75) is 24.6 Å². The Hall–Kier alpha value is -2.83. The van der Waals surface area contributed by atoms with Gasteiger partial charge >= 0.3 is 6.36 Å². The van der Waals surface area contributed by atoms with Crippen LogP contribution in [0.15, 0.2) is 41.4 Å². The van der Waals surface area contributed by atoms with E-state index in [1.54, 1.807) is 0 Å². The number of rotatable bonds is 5. The molecule has 30 heavy (non-hydrogen) atoms. The lowest BCUT2D eigenvalue weighted by Crippen LogP contribution is -2.18. The van der Waals surface area contributed by atoms with E-state index in [0.717, 1.165) is 45.8 Å². The van der Waals surface area contributed by atoms with Gasteiger partial charge in [0, 0.05) is 11.6 Å². The number of nitrogens with two attached hydrogens (primary N) is 1. The van der Waals surface area contributed by atoms with Crippen LogP contribution < -0.4 is 15.2 Å². The Bertz CT molecular complexity index is 1360. The van der Waals surface area contributed by atoms with E-state index < -0.39 is 22.1 Å². The molecule has 7 nitrogen and oxygen atoms in total. The predicted molar refractivity (Wildman–Crippen MR) is 109 cm³/mol. The standard InChI is InChI=1S/C18H15F3N4O3S2/c1-2-9-8-23-15-11(9)4-6-14-16(15)25-17(29-14)24-12-7-10(30(22,26)27)3-5-13(12)28-18(19,20)21/h3-8,23H,2H2,1H3,(H,24,25)(H2,22,26,27). The van der Waals surface area contributed by atoms with E-state index >= 15 is 0 Å². The van der Waals surface area contributed by atoms with E-state index in [2.05, 4.69) is 20.0 Å². The molecular formula is C18H15F3N4O3S2. The molecule has 2 aromatic carbocycles. The molecule has 0 spiro atoms. The molecule has 4 rings (SSSR count). The number of aromatic amines is 1. The van der Waals surface area contributed by atoms with Gasteiger partial charge in [0.05, 0.1) is 20.8 Å². The van der Waals surface area contributed by atoms with Gasteiger partial charge in [0.2, 0.25) is 10.0 Å². The quantitative estimate of drug-likeness (QED) is 0.406. The zero-order valence-electron chi connectivity index (χ0n) is 15.4. The Balaban J connectivity index is 1.79. The van der Waals surface area contributed by atoms with Gasteiger partial charge in [-0.25, -0.2) is 18.5 Å². The number of thiazole rings is 1. The first-order valence-corrected chi connectivity index (χ1v) is 11.0. The minimum atomic E-state index is -4.96. The predicted octanol–water partition coefficient (Wildman–Crippen LogP) is 4.63. The second-order valence-electron chi connectivity index (χ2n) is 6.40. The second kappa shape index (κ2) is 7.15. The number of primary sulfonamides is 1. The molecule has 0 saturated carbocycles. The summed E-state index contributed by atoms with van der Waals surface area (Å²) in [5.74, 6) is -0.604. The number of halogens is 3. The van der Waals surface area contributed by atoms with Gasteiger partial charge in [0.25, 0.3) is 0 Å². The summed E-state index contributed by atoms with van der Waals surface area (Å²) in [6.07, 6.45) is -2.24. The first-order chi connectivity index (χ1) is 14.0. The summed E-state index contributed by atoms with van der Waals surface area (Å²) in [6, 6.07) is 6.63. The van der Waals surface area contributed by atoms with Crippen LogP contribution in [-0.4, -0.2) is 24.7 Å². The molecule has 2 aromatic heterocycles. The minimum absolute atomic E-state index is 0.227. The van der Waals surface area contributed by atoms with Gasteiger partial charge in [0.15, 0.2) is 10.9 Å². The molecule has 4 aromatic rings. The van der Waals surface area contributed by atoms with Crippen molar-refractivity contribution >= 4 is 53.3 Å². The minimum Gasteiger partial charge on any atom is -0.404 e.